The molecule has 0 aromatic carbocycles. The SMILES string of the molecule is CCCC1CCC(c2nc(CCN)cc(=O)[nH]2)CC1. The number of H-pyrrole nitrogens is 1. The van der Waals surface area contributed by atoms with Gasteiger partial charge in [-0.15, -0.1) is 0 Å². The molecule has 1 aromatic heterocycles. The highest BCUT2D eigenvalue weighted by atomic mass is 16.1. The standard InChI is InChI=1S/C15H25N3O/c1-2-3-11-4-6-12(7-5-11)15-17-13(8-9-16)10-14(19)18-15/h10-12H,2-9,16H2,1H3,(H,17,18,19). The number of aromatic nitrogens is 2. The van der Waals surface area contributed by atoms with Crippen molar-refractivity contribution in [1.82, 2.24) is 9.97 Å². The molecule has 2 rings (SSSR count). The molecule has 3 N–H and O–H groups in total. The summed E-state index contributed by atoms with van der Waals surface area (Å²) in [5.74, 6) is 2.18. The van der Waals surface area contributed by atoms with E-state index in [-0.39, 0.29) is 5.56 Å². The number of hydrogen-bond donors (Lipinski definition) is 2. The van der Waals surface area contributed by atoms with Gasteiger partial charge in [-0.3, -0.25) is 4.79 Å². The molecule has 1 aromatic rings. The topological polar surface area (TPSA) is 71.8 Å². The molecule has 0 unspecified atom stereocenters. The minimum Gasteiger partial charge on any atom is -0.330 e. The quantitative estimate of drug-likeness (QED) is 0.856. The molecule has 1 heterocycles. The Hall–Kier alpha value is -1.16. The van der Waals surface area contributed by atoms with Gasteiger partial charge in [-0.1, -0.05) is 19.8 Å². The van der Waals surface area contributed by atoms with E-state index in [1.165, 1.54) is 25.7 Å². The highest BCUT2D eigenvalue weighted by Crippen LogP contribution is 2.35. The average molecular weight is 263 g/mol. The summed E-state index contributed by atoms with van der Waals surface area (Å²) in [6.45, 7) is 2.79. The number of nitrogens with one attached hydrogen (secondary N) is 1. The van der Waals surface area contributed by atoms with E-state index in [0.717, 1.165) is 30.3 Å². The third kappa shape index (κ3) is 3.90. The van der Waals surface area contributed by atoms with Crippen molar-refractivity contribution >= 4 is 0 Å². The van der Waals surface area contributed by atoms with Crippen molar-refractivity contribution in [1.29, 1.82) is 0 Å². The molecule has 0 spiro atoms. The zero-order valence-corrected chi connectivity index (χ0v) is 11.8. The van der Waals surface area contributed by atoms with Crippen LogP contribution in [0, 0.1) is 5.92 Å². The Balaban J connectivity index is 2.04. The minimum absolute atomic E-state index is 0.0378. The van der Waals surface area contributed by atoms with Crippen LogP contribution in [0.5, 0.6) is 0 Å². The van der Waals surface area contributed by atoms with Gasteiger partial charge in [0.1, 0.15) is 5.82 Å². The maximum absolute atomic E-state index is 11.7. The zero-order valence-electron chi connectivity index (χ0n) is 11.8. The van der Waals surface area contributed by atoms with Crippen LogP contribution >= 0.6 is 0 Å². The summed E-state index contributed by atoms with van der Waals surface area (Å²) in [4.78, 5) is 19.2. The van der Waals surface area contributed by atoms with E-state index in [4.69, 9.17) is 5.73 Å². The monoisotopic (exact) mass is 263 g/mol. The van der Waals surface area contributed by atoms with Crippen molar-refractivity contribution in [2.45, 2.75) is 57.8 Å². The zero-order chi connectivity index (χ0) is 13.7. The Morgan fingerprint density at radius 1 is 1.37 bits per heavy atom. The molecule has 4 nitrogen and oxygen atoms in total. The second-order valence-electron chi connectivity index (χ2n) is 5.67. The van der Waals surface area contributed by atoms with E-state index in [1.54, 1.807) is 6.07 Å². The second kappa shape index (κ2) is 6.85. The molecule has 0 atom stereocenters. The Morgan fingerprint density at radius 3 is 2.74 bits per heavy atom. The van der Waals surface area contributed by atoms with Gasteiger partial charge in [0.25, 0.3) is 5.56 Å². The summed E-state index contributed by atoms with van der Waals surface area (Å²) in [7, 11) is 0. The molecular formula is C15H25N3O. The lowest BCUT2D eigenvalue weighted by molar-refractivity contribution is 0.301. The fourth-order valence-electron chi connectivity index (χ4n) is 3.13. The fraction of sp³-hybridized carbons (Fsp3) is 0.733. The number of nitrogens with zero attached hydrogens (tertiary/aromatic N) is 1. The van der Waals surface area contributed by atoms with Crippen molar-refractivity contribution in [3.8, 4) is 0 Å². The lowest BCUT2D eigenvalue weighted by atomic mass is 9.80. The van der Waals surface area contributed by atoms with E-state index < -0.39 is 0 Å². The first-order chi connectivity index (χ1) is 9.22. The summed E-state index contributed by atoms with van der Waals surface area (Å²) in [5.41, 5.74) is 6.33. The van der Waals surface area contributed by atoms with Gasteiger partial charge in [-0.25, -0.2) is 4.98 Å². The van der Waals surface area contributed by atoms with Crippen LogP contribution in [-0.2, 0) is 6.42 Å². The molecule has 1 fully saturated rings. The van der Waals surface area contributed by atoms with Gasteiger partial charge in [0, 0.05) is 24.1 Å². The summed E-state index contributed by atoms with van der Waals surface area (Å²) in [5, 5.41) is 0. The van der Waals surface area contributed by atoms with Crippen LogP contribution in [0.15, 0.2) is 10.9 Å². The molecule has 1 aliphatic rings. The van der Waals surface area contributed by atoms with Gasteiger partial charge in [0.05, 0.1) is 0 Å². The molecule has 1 aliphatic carbocycles. The second-order valence-corrected chi connectivity index (χ2v) is 5.67. The maximum atomic E-state index is 11.7. The molecule has 1 saturated carbocycles. The fourth-order valence-corrected chi connectivity index (χ4v) is 3.13. The molecule has 0 amide bonds. The van der Waals surface area contributed by atoms with Gasteiger partial charge in [-0.2, -0.15) is 0 Å². The van der Waals surface area contributed by atoms with Crippen LogP contribution < -0.4 is 11.3 Å². The molecule has 0 radical (unpaired) electrons. The van der Waals surface area contributed by atoms with Crippen LogP contribution in [0.4, 0.5) is 0 Å². The molecular weight excluding hydrogens is 238 g/mol. The third-order valence-corrected chi connectivity index (χ3v) is 4.14. The smallest absolute Gasteiger partial charge is 0.251 e. The Kier molecular flexibility index (Phi) is 5.14. The van der Waals surface area contributed by atoms with Gasteiger partial charge in [0.2, 0.25) is 0 Å². The number of aromatic amines is 1. The molecule has 4 heteroatoms. The average Bonchev–Trinajstić information content (AvgIpc) is 2.40. The van der Waals surface area contributed by atoms with Crippen LogP contribution in [0.2, 0.25) is 0 Å². The van der Waals surface area contributed by atoms with Crippen molar-refractivity contribution in [2.75, 3.05) is 6.54 Å². The van der Waals surface area contributed by atoms with Gasteiger partial charge in [0.15, 0.2) is 0 Å². The van der Waals surface area contributed by atoms with Crippen molar-refractivity contribution in [3.63, 3.8) is 0 Å². The van der Waals surface area contributed by atoms with E-state index >= 15 is 0 Å². The third-order valence-electron chi connectivity index (χ3n) is 4.14. The lowest BCUT2D eigenvalue weighted by Crippen LogP contribution is -2.20. The van der Waals surface area contributed by atoms with Crippen molar-refractivity contribution < 1.29 is 0 Å². The van der Waals surface area contributed by atoms with Crippen LogP contribution in [0.25, 0.3) is 0 Å². The summed E-state index contributed by atoms with van der Waals surface area (Å²) < 4.78 is 0. The Morgan fingerprint density at radius 2 is 2.11 bits per heavy atom. The normalized spacial score (nSPS) is 23.5. The first-order valence-electron chi connectivity index (χ1n) is 7.53. The highest BCUT2D eigenvalue weighted by Gasteiger charge is 2.23. The molecule has 106 valence electrons. The van der Waals surface area contributed by atoms with E-state index in [1.807, 2.05) is 0 Å². The van der Waals surface area contributed by atoms with Gasteiger partial charge in [-0.05, 0) is 38.1 Å². The van der Waals surface area contributed by atoms with Crippen molar-refractivity contribution in [3.05, 3.63) is 27.9 Å². The minimum atomic E-state index is -0.0378. The Bertz CT molecular complexity index is 447. The predicted molar refractivity (Wildman–Crippen MR) is 77.2 cm³/mol. The lowest BCUT2D eigenvalue weighted by Gasteiger charge is -2.27. The van der Waals surface area contributed by atoms with Gasteiger partial charge < -0.3 is 10.7 Å². The van der Waals surface area contributed by atoms with Gasteiger partial charge >= 0.3 is 0 Å². The highest BCUT2D eigenvalue weighted by molar-refractivity contribution is 5.07. The van der Waals surface area contributed by atoms with Crippen LogP contribution in [0.1, 0.15) is 62.9 Å². The van der Waals surface area contributed by atoms with E-state index in [0.29, 0.717) is 18.9 Å². The first-order valence-corrected chi connectivity index (χ1v) is 7.53. The predicted octanol–water partition coefficient (Wildman–Crippen LogP) is 2.34. The maximum Gasteiger partial charge on any atom is 0.251 e. The molecule has 19 heavy (non-hydrogen) atoms. The van der Waals surface area contributed by atoms with E-state index in [9.17, 15) is 4.79 Å². The molecule has 0 aliphatic heterocycles. The largest absolute Gasteiger partial charge is 0.330 e. The van der Waals surface area contributed by atoms with Crippen LogP contribution in [-0.4, -0.2) is 16.5 Å². The Labute approximate surface area is 114 Å². The number of nitrogens with two attached hydrogens (primary N) is 1. The molecule has 0 bridgehead atoms. The molecule has 0 saturated heterocycles. The summed E-state index contributed by atoms with van der Waals surface area (Å²) >= 11 is 0. The summed E-state index contributed by atoms with van der Waals surface area (Å²) in [6, 6.07) is 1.57. The first kappa shape index (κ1) is 14.3. The van der Waals surface area contributed by atoms with E-state index in [2.05, 4.69) is 16.9 Å². The number of hydrogen-bond acceptors (Lipinski definition) is 3. The number of rotatable bonds is 5. The van der Waals surface area contributed by atoms with Crippen molar-refractivity contribution in [2.24, 2.45) is 11.7 Å². The van der Waals surface area contributed by atoms with Crippen LogP contribution in [0.3, 0.4) is 0 Å². The summed E-state index contributed by atoms with van der Waals surface area (Å²) in [6.07, 6.45) is 8.13.